The second-order valence-corrected chi connectivity index (χ2v) is 5.46. The van der Waals surface area contributed by atoms with Crippen LogP contribution in [0.3, 0.4) is 0 Å². The standard InChI is InChI=1S/C14H8N4O4S/c1-21-8-4-2-7(3-5-8)9-6-23-14(15-9)18-11-10(16-17-18)12(19)22-13(11)20/h2-6H,1H3. The van der Waals surface area contributed by atoms with E-state index in [0.29, 0.717) is 5.13 Å². The van der Waals surface area contributed by atoms with Gasteiger partial charge in [0.2, 0.25) is 10.8 Å². The summed E-state index contributed by atoms with van der Waals surface area (Å²) in [6, 6.07) is 7.41. The molecule has 0 radical (unpaired) electrons. The van der Waals surface area contributed by atoms with Gasteiger partial charge in [-0.05, 0) is 24.3 Å². The molecule has 0 bridgehead atoms. The van der Waals surface area contributed by atoms with Gasteiger partial charge in [-0.1, -0.05) is 5.21 Å². The van der Waals surface area contributed by atoms with Crippen LogP contribution in [0.2, 0.25) is 0 Å². The summed E-state index contributed by atoms with van der Waals surface area (Å²) < 4.78 is 10.9. The van der Waals surface area contributed by atoms with Crippen LogP contribution in [0.4, 0.5) is 0 Å². The number of carbonyl (C=O) groups is 2. The summed E-state index contributed by atoms with van der Waals surface area (Å²) in [5, 5.41) is 9.75. The number of esters is 2. The monoisotopic (exact) mass is 328 g/mol. The van der Waals surface area contributed by atoms with Crippen LogP contribution in [0.15, 0.2) is 29.6 Å². The summed E-state index contributed by atoms with van der Waals surface area (Å²) in [4.78, 5) is 27.6. The lowest BCUT2D eigenvalue weighted by Gasteiger charge is -2.00. The number of cyclic esters (lactones) is 2. The lowest BCUT2D eigenvalue weighted by molar-refractivity contribution is 0.0434. The van der Waals surface area contributed by atoms with Crippen LogP contribution in [0.5, 0.6) is 5.75 Å². The van der Waals surface area contributed by atoms with Crippen molar-refractivity contribution in [3.05, 3.63) is 41.0 Å². The molecule has 0 unspecified atom stereocenters. The molecule has 3 aromatic rings. The molecule has 0 atom stereocenters. The van der Waals surface area contributed by atoms with E-state index in [4.69, 9.17) is 4.74 Å². The fourth-order valence-corrected chi connectivity index (χ4v) is 2.96. The molecule has 114 valence electrons. The molecule has 0 spiro atoms. The van der Waals surface area contributed by atoms with Gasteiger partial charge in [0.05, 0.1) is 12.8 Å². The minimum atomic E-state index is -0.789. The van der Waals surface area contributed by atoms with Crippen LogP contribution in [0.25, 0.3) is 16.4 Å². The first kappa shape index (κ1) is 13.6. The summed E-state index contributed by atoms with van der Waals surface area (Å²) >= 11 is 1.28. The minimum absolute atomic E-state index is 0.00521. The van der Waals surface area contributed by atoms with Crippen LogP contribution in [-0.2, 0) is 4.74 Å². The predicted molar refractivity (Wildman–Crippen MR) is 78.8 cm³/mol. The number of carbonyl (C=O) groups excluding carboxylic acids is 2. The molecule has 0 N–H and O–H groups in total. The molecule has 9 heteroatoms. The van der Waals surface area contributed by atoms with Crippen molar-refractivity contribution in [2.45, 2.75) is 0 Å². The van der Waals surface area contributed by atoms with E-state index in [1.54, 1.807) is 7.11 Å². The lowest BCUT2D eigenvalue weighted by Crippen LogP contribution is -2.08. The molecular formula is C14H8N4O4S. The number of thiazole rings is 1. The number of ether oxygens (including phenoxy) is 2. The first-order valence-electron chi connectivity index (χ1n) is 6.50. The van der Waals surface area contributed by atoms with Gasteiger partial charge in [-0.15, -0.1) is 16.4 Å². The Kier molecular flexibility index (Phi) is 2.95. The molecule has 0 amide bonds. The van der Waals surface area contributed by atoms with Gasteiger partial charge >= 0.3 is 11.9 Å². The smallest absolute Gasteiger partial charge is 0.369 e. The quantitative estimate of drug-likeness (QED) is 0.533. The summed E-state index contributed by atoms with van der Waals surface area (Å²) in [6.07, 6.45) is 0. The van der Waals surface area contributed by atoms with Crippen LogP contribution in [0.1, 0.15) is 21.0 Å². The Bertz CT molecular complexity index is 929. The highest BCUT2D eigenvalue weighted by molar-refractivity contribution is 7.12. The third-order valence-corrected chi connectivity index (χ3v) is 4.12. The number of hydrogen-bond donors (Lipinski definition) is 0. The number of hydrogen-bond acceptors (Lipinski definition) is 8. The molecule has 0 aliphatic carbocycles. The van der Waals surface area contributed by atoms with Crippen molar-refractivity contribution in [3.8, 4) is 22.1 Å². The van der Waals surface area contributed by atoms with Gasteiger partial charge in [-0.3, -0.25) is 0 Å². The van der Waals surface area contributed by atoms with Crippen molar-refractivity contribution in [3.63, 3.8) is 0 Å². The first-order chi connectivity index (χ1) is 11.2. The minimum Gasteiger partial charge on any atom is -0.497 e. The normalized spacial score (nSPS) is 13.1. The van der Waals surface area contributed by atoms with Crippen LogP contribution < -0.4 is 4.74 Å². The highest BCUT2D eigenvalue weighted by Gasteiger charge is 2.37. The van der Waals surface area contributed by atoms with Crippen LogP contribution in [0, 0.1) is 0 Å². The summed E-state index contributed by atoms with van der Waals surface area (Å²) in [5.74, 6) is -0.807. The van der Waals surface area contributed by atoms with E-state index >= 15 is 0 Å². The second kappa shape index (κ2) is 4.99. The van der Waals surface area contributed by atoms with E-state index in [0.717, 1.165) is 17.0 Å². The predicted octanol–water partition coefficient (Wildman–Crippen LogP) is 1.71. The summed E-state index contributed by atoms with van der Waals surface area (Å²) in [7, 11) is 1.60. The summed E-state index contributed by atoms with van der Waals surface area (Å²) in [5.41, 5.74) is 1.53. The molecule has 8 nitrogen and oxygen atoms in total. The van der Waals surface area contributed by atoms with E-state index in [1.165, 1.54) is 16.0 Å². The first-order valence-corrected chi connectivity index (χ1v) is 7.38. The van der Waals surface area contributed by atoms with E-state index in [1.807, 2.05) is 29.6 Å². The average molecular weight is 328 g/mol. The van der Waals surface area contributed by atoms with Gasteiger partial charge in [0.15, 0.2) is 5.69 Å². The zero-order chi connectivity index (χ0) is 16.0. The molecule has 1 aliphatic heterocycles. The number of fused-ring (bicyclic) bond motifs is 1. The van der Waals surface area contributed by atoms with E-state index in [9.17, 15) is 9.59 Å². The number of benzene rings is 1. The van der Waals surface area contributed by atoms with Gasteiger partial charge in [0.25, 0.3) is 0 Å². The Morgan fingerprint density at radius 2 is 1.96 bits per heavy atom. The Morgan fingerprint density at radius 1 is 1.17 bits per heavy atom. The fourth-order valence-electron chi connectivity index (χ4n) is 2.17. The Morgan fingerprint density at radius 3 is 2.70 bits per heavy atom. The van der Waals surface area contributed by atoms with Crippen LogP contribution >= 0.6 is 11.3 Å². The van der Waals surface area contributed by atoms with E-state index in [2.05, 4.69) is 20.0 Å². The molecule has 0 saturated heterocycles. The van der Waals surface area contributed by atoms with Gasteiger partial charge in [-0.25, -0.2) is 14.6 Å². The molecule has 0 saturated carbocycles. The van der Waals surface area contributed by atoms with E-state index < -0.39 is 11.9 Å². The summed E-state index contributed by atoms with van der Waals surface area (Å²) in [6.45, 7) is 0. The molecule has 1 aromatic carbocycles. The largest absolute Gasteiger partial charge is 0.497 e. The van der Waals surface area contributed by atoms with Gasteiger partial charge in [0.1, 0.15) is 5.75 Å². The number of methoxy groups -OCH3 is 1. The second-order valence-electron chi connectivity index (χ2n) is 4.62. The Hall–Kier alpha value is -3.07. The van der Waals surface area contributed by atoms with Crippen molar-refractivity contribution >= 4 is 23.3 Å². The molecule has 0 fully saturated rings. The van der Waals surface area contributed by atoms with Gasteiger partial charge in [-0.2, -0.15) is 4.68 Å². The molecule has 2 aromatic heterocycles. The van der Waals surface area contributed by atoms with Crippen molar-refractivity contribution in [2.24, 2.45) is 0 Å². The molecule has 4 rings (SSSR count). The molecule has 1 aliphatic rings. The molecular weight excluding hydrogens is 320 g/mol. The topological polar surface area (TPSA) is 96.2 Å². The van der Waals surface area contributed by atoms with Gasteiger partial charge in [0, 0.05) is 10.9 Å². The van der Waals surface area contributed by atoms with E-state index in [-0.39, 0.29) is 11.4 Å². The average Bonchev–Trinajstić information content (AvgIpc) is 3.26. The third kappa shape index (κ3) is 2.09. The van der Waals surface area contributed by atoms with Crippen molar-refractivity contribution in [1.29, 1.82) is 0 Å². The van der Waals surface area contributed by atoms with Crippen molar-refractivity contribution in [1.82, 2.24) is 20.0 Å². The Labute approximate surface area is 133 Å². The lowest BCUT2D eigenvalue weighted by atomic mass is 10.2. The molecule has 23 heavy (non-hydrogen) atoms. The molecule has 3 heterocycles. The fraction of sp³-hybridized carbons (Fsp3) is 0.0714. The highest BCUT2D eigenvalue weighted by Crippen LogP contribution is 2.27. The van der Waals surface area contributed by atoms with Gasteiger partial charge < -0.3 is 9.47 Å². The third-order valence-electron chi connectivity index (χ3n) is 3.30. The maximum atomic E-state index is 11.7. The SMILES string of the molecule is COc1ccc(-c2csc(-n3nnc4c3C(=O)OC4=O)n2)cc1. The van der Waals surface area contributed by atoms with Crippen LogP contribution in [-0.4, -0.2) is 39.0 Å². The van der Waals surface area contributed by atoms with Crippen molar-refractivity contribution < 1.29 is 19.1 Å². The van der Waals surface area contributed by atoms with Crippen molar-refractivity contribution in [2.75, 3.05) is 7.11 Å². The Balaban J connectivity index is 1.73. The maximum absolute atomic E-state index is 11.7. The number of rotatable bonds is 3. The number of aromatic nitrogens is 4. The zero-order valence-electron chi connectivity index (χ0n) is 11.7. The maximum Gasteiger partial charge on any atom is 0.369 e. The highest BCUT2D eigenvalue weighted by atomic mass is 32.1. The number of nitrogens with zero attached hydrogens (tertiary/aromatic N) is 4. The zero-order valence-corrected chi connectivity index (χ0v) is 12.5.